The Morgan fingerprint density at radius 3 is 2.63 bits per heavy atom. The van der Waals surface area contributed by atoms with Crippen LogP contribution >= 0.6 is 0 Å². The molecule has 7 heteroatoms. The number of rotatable bonds is 4. The molecule has 6 nitrogen and oxygen atoms in total. The van der Waals surface area contributed by atoms with E-state index in [9.17, 15) is 13.2 Å². The number of carbonyl (C=O) groups excluding carboxylic acids is 1. The second kappa shape index (κ2) is 5.52. The predicted octanol–water partition coefficient (Wildman–Crippen LogP) is 1.14. The Morgan fingerprint density at radius 1 is 1.37 bits per heavy atom. The van der Waals surface area contributed by atoms with Crippen LogP contribution < -0.4 is 4.74 Å². The van der Waals surface area contributed by atoms with E-state index in [0.29, 0.717) is 25.1 Å². The molecule has 1 aliphatic rings. The molecule has 0 radical (unpaired) electrons. The van der Waals surface area contributed by atoms with Gasteiger partial charge in [-0.2, -0.15) is 9.30 Å². The molecule has 0 aliphatic carbocycles. The number of methoxy groups -OCH3 is 1. The summed E-state index contributed by atoms with van der Waals surface area (Å²) >= 11 is 0. The van der Waals surface area contributed by atoms with Crippen LogP contribution in [0.3, 0.4) is 0 Å². The molecule has 0 aromatic heterocycles. The zero-order valence-corrected chi connectivity index (χ0v) is 11.3. The molecular weight excluding hydrogens is 268 g/mol. The van der Waals surface area contributed by atoms with Crippen LogP contribution in [0.2, 0.25) is 0 Å². The lowest BCUT2D eigenvalue weighted by molar-refractivity contribution is 0.395. The third kappa shape index (κ3) is 2.68. The fourth-order valence-electron chi connectivity index (χ4n) is 2.08. The highest BCUT2D eigenvalue weighted by Crippen LogP contribution is 2.27. The number of hydrogen-bond donors (Lipinski definition) is 0. The zero-order valence-electron chi connectivity index (χ0n) is 10.4. The second-order valence-corrected chi connectivity index (χ2v) is 6.03. The van der Waals surface area contributed by atoms with Crippen LogP contribution in [0, 0.1) is 0 Å². The molecule has 0 amide bonds. The summed E-state index contributed by atoms with van der Waals surface area (Å²) in [6.07, 6.45) is 2.03. The molecule has 1 unspecified atom stereocenters. The number of hydrogen-bond acceptors (Lipinski definition) is 5. The molecule has 0 saturated carbocycles. The van der Waals surface area contributed by atoms with Gasteiger partial charge < -0.3 is 4.74 Å². The third-order valence-corrected chi connectivity index (χ3v) is 4.95. The van der Waals surface area contributed by atoms with Gasteiger partial charge in [-0.05, 0) is 37.1 Å². The molecule has 1 fully saturated rings. The Balaban J connectivity index is 2.33. The van der Waals surface area contributed by atoms with Crippen molar-refractivity contribution in [2.75, 3.05) is 13.7 Å². The molecule has 1 aliphatic heterocycles. The van der Waals surface area contributed by atoms with Gasteiger partial charge in [-0.15, -0.1) is 0 Å². The van der Waals surface area contributed by atoms with Crippen LogP contribution in [0.5, 0.6) is 5.75 Å². The van der Waals surface area contributed by atoms with Gasteiger partial charge in [0.1, 0.15) is 11.9 Å². The SMILES string of the molecule is COc1ccc(S(=O)(=O)N2CCCC2N=C=O)cc1. The maximum Gasteiger partial charge on any atom is 0.244 e. The lowest BCUT2D eigenvalue weighted by Crippen LogP contribution is -2.34. The summed E-state index contributed by atoms with van der Waals surface area (Å²) in [6.45, 7) is 0.365. The first-order valence-corrected chi connectivity index (χ1v) is 7.26. The quantitative estimate of drug-likeness (QED) is 0.613. The van der Waals surface area contributed by atoms with Crippen molar-refractivity contribution in [1.82, 2.24) is 4.31 Å². The molecule has 1 atom stereocenters. The Bertz CT molecular complexity index is 591. The zero-order chi connectivity index (χ0) is 13.9. The Morgan fingerprint density at radius 2 is 2.05 bits per heavy atom. The fraction of sp³-hybridized carbons (Fsp3) is 0.417. The number of aliphatic imine (C=N–C) groups is 1. The lowest BCUT2D eigenvalue weighted by atomic mass is 10.3. The Kier molecular flexibility index (Phi) is 3.99. The topological polar surface area (TPSA) is 76.0 Å². The monoisotopic (exact) mass is 282 g/mol. The van der Waals surface area contributed by atoms with Gasteiger partial charge in [-0.3, -0.25) is 0 Å². The molecule has 0 N–H and O–H groups in total. The van der Waals surface area contributed by atoms with E-state index >= 15 is 0 Å². The molecule has 1 saturated heterocycles. The highest BCUT2D eigenvalue weighted by molar-refractivity contribution is 7.89. The fourth-order valence-corrected chi connectivity index (χ4v) is 3.67. The van der Waals surface area contributed by atoms with Crippen molar-refractivity contribution in [2.45, 2.75) is 23.9 Å². The Labute approximate surface area is 111 Å². The first kappa shape index (κ1) is 13.7. The van der Waals surface area contributed by atoms with E-state index in [0.717, 1.165) is 0 Å². The van der Waals surface area contributed by atoms with Gasteiger partial charge in [0.15, 0.2) is 0 Å². The maximum atomic E-state index is 12.4. The van der Waals surface area contributed by atoms with E-state index in [4.69, 9.17) is 4.74 Å². The summed E-state index contributed by atoms with van der Waals surface area (Å²) in [5.74, 6) is 0.586. The molecule has 1 aromatic carbocycles. The van der Waals surface area contributed by atoms with Crippen molar-refractivity contribution < 1.29 is 17.9 Å². The Hall–Kier alpha value is -1.69. The smallest absolute Gasteiger partial charge is 0.244 e. The molecule has 2 rings (SSSR count). The van der Waals surface area contributed by atoms with Crippen LogP contribution in [-0.4, -0.2) is 38.6 Å². The van der Waals surface area contributed by atoms with Gasteiger partial charge >= 0.3 is 0 Å². The molecule has 1 heterocycles. The number of isocyanates is 1. The lowest BCUT2D eigenvalue weighted by Gasteiger charge is -2.19. The summed E-state index contributed by atoms with van der Waals surface area (Å²) < 4.78 is 31.1. The van der Waals surface area contributed by atoms with Gasteiger partial charge in [-0.1, -0.05) is 0 Å². The van der Waals surface area contributed by atoms with Crippen molar-refractivity contribution >= 4 is 16.1 Å². The molecule has 19 heavy (non-hydrogen) atoms. The van der Waals surface area contributed by atoms with Crippen molar-refractivity contribution in [3.63, 3.8) is 0 Å². The van der Waals surface area contributed by atoms with E-state index in [1.165, 1.54) is 29.6 Å². The van der Waals surface area contributed by atoms with Crippen molar-refractivity contribution in [2.24, 2.45) is 4.99 Å². The number of benzene rings is 1. The van der Waals surface area contributed by atoms with E-state index in [1.807, 2.05) is 0 Å². The summed E-state index contributed by atoms with van der Waals surface area (Å²) in [6, 6.07) is 6.13. The minimum absolute atomic E-state index is 0.168. The normalized spacial score (nSPS) is 19.9. The van der Waals surface area contributed by atoms with Crippen LogP contribution in [0.1, 0.15) is 12.8 Å². The van der Waals surface area contributed by atoms with E-state index < -0.39 is 16.2 Å². The van der Waals surface area contributed by atoms with E-state index in [2.05, 4.69) is 4.99 Å². The van der Waals surface area contributed by atoms with Crippen molar-refractivity contribution in [1.29, 1.82) is 0 Å². The van der Waals surface area contributed by atoms with Crippen molar-refractivity contribution in [3.8, 4) is 5.75 Å². The molecular formula is C12H14N2O4S. The third-order valence-electron chi connectivity index (χ3n) is 3.04. The van der Waals surface area contributed by atoms with E-state index in [-0.39, 0.29) is 4.90 Å². The van der Waals surface area contributed by atoms with Crippen LogP contribution in [-0.2, 0) is 14.8 Å². The standard InChI is InChI=1S/C12H14N2O4S/c1-18-10-4-6-11(7-5-10)19(16,17)14-8-2-3-12(14)13-9-15/h4-7,12H,2-3,8H2,1H3. The van der Waals surface area contributed by atoms with Crippen LogP contribution in [0.25, 0.3) is 0 Å². The second-order valence-electron chi connectivity index (χ2n) is 4.13. The van der Waals surface area contributed by atoms with Gasteiger partial charge in [0.25, 0.3) is 0 Å². The highest BCUT2D eigenvalue weighted by atomic mass is 32.2. The summed E-state index contributed by atoms with van der Waals surface area (Å²) in [5, 5.41) is 0. The molecule has 0 bridgehead atoms. The average molecular weight is 282 g/mol. The largest absolute Gasteiger partial charge is 0.497 e. The maximum absolute atomic E-state index is 12.4. The summed E-state index contributed by atoms with van der Waals surface area (Å²) in [4.78, 5) is 14.0. The van der Waals surface area contributed by atoms with Crippen LogP contribution in [0.4, 0.5) is 0 Å². The van der Waals surface area contributed by atoms with Crippen LogP contribution in [0.15, 0.2) is 34.2 Å². The number of nitrogens with zero attached hydrogens (tertiary/aromatic N) is 2. The van der Waals surface area contributed by atoms with E-state index in [1.54, 1.807) is 12.1 Å². The number of sulfonamides is 1. The molecule has 0 spiro atoms. The van der Waals surface area contributed by atoms with Gasteiger partial charge in [0, 0.05) is 6.54 Å². The van der Waals surface area contributed by atoms with Gasteiger partial charge in [0.05, 0.1) is 12.0 Å². The highest BCUT2D eigenvalue weighted by Gasteiger charge is 2.35. The molecule has 102 valence electrons. The number of ether oxygens (including phenoxy) is 1. The first-order valence-electron chi connectivity index (χ1n) is 5.82. The van der Waals surface area contributed by atoms with Gasteiger partial charge in [0.2, 0.25) is 16.1 Å². The minimum Gasteiger partial charge on any atom is -0.497 e. The first-order chi connectivity index (χ1) is 9.09. The minimum atomic E-state index is -3.63. The van der Waals surface area contributed by atoms with Gasteiger partial charge in [-0.25, -0.2) is 13.2 Å². The predicted molar refractivity (Wildman–Crippen MR) is 68.0 cm³/mol. The summed E-state index contributed by atoms with van der Waals surface area (Å²) in [5.41, 5.74) is 0. The van der Waals surface area contributed by atoms with Crippen molar-refractivity contribution in [3.05, 3.63) is 24.3 Å². The molecule has 1 aromatic rings. The average Bonchev–Trinajstić information content (AvgIpc) is 2.88. The summed E-state index contributed by atoms with van der Waals surface area (Å²) in [7, 11) is -2.12.